The number of fused-ring (bicyclic) bond motifs is 2. The smallest absolute Gasteiger partial charge is 0.334 e. The fourth-order valence-corrected chi connectivity index (χ4v) is 7.59. The molecule has 23 heavy (non-hydrogen) atoms. The predicted molar refractivity (Wildman–Crippen MR) is 77.1 cm³/mol. The van der Waals surface area contributed by atoms with Crippen molar-refractivity contribution < 1.29 is 23.8 Å². The van der Waals surface area contributed by atoms with E-state index in [1.165, 1.54) is 33.5 Å². The maximum absolute atomic E-state index is 12.6. The second kappa shape index (κ2) is 3.37. The molecule has 0 radical (unpaired) electrons. The van der Waals surface area contributed by atoms with E-state index in [-0.39, 0.29) is 40.4 Å². The third kappa shape index (κ3) is 0.978. The SMILES string of the molecule is COC(=O)C1=C(C(=O)OC)C2C3(CC3)C1C13OC21C1CCC3C1. The van der Waals surface area contributed by atoms with Gasteiger partial charge >= 0.3 is 11.9 Å². The zero-order chi connectivity index (χ0) is 15.8. The number of hydrogen-bond acceptors (Lipinski definition) is 5. The topological polar surface area (TPSA) is 65.1 Å². The number of rotatable bonds is 2. The first kappa shape index (κ1) is 13.0. The van der Waals surface area contributed by atoms with Crippen LogP contribution in [-0.2, 0) is 23.8 Å². The maximum Gasteiger partial charge on any atom is 0.334 e. The summed E-state index contributed by atoms with van der Waals surface area (Å²) in [6.07, 6.45) is 5.79. The van der Waals surface area contributed by atoms with E-state index in [0.29, 0.717) is 23.0 Å². The molecule has 0 N–H and O–H groups in total. The Bertz CT molecular complexity index is 665. The zero-order valence-corrected chi connectivity index (χ0v) is 13.4. The molecule has 6 aliphatic rings. The van der Waals surface area contributed by atoms with Gasteiger partial charge in [-0.2, -0.15) is 0 Å². The number of hydrogen-bond donors (Lipinski definition) is 0. The summed E-state index contributed by atoms with van der Waals surface area (Å²) < 4.78 is 16.6. The normalized spacial score (nSPS) is 51.7. The van der Waals surface area contributed by atoms with Crippen LogP contribution in [0.5, 0.6) is 0 Å². The van der Waals surface area contributed by atoms with Crippen LogP contribution in [0.15, 0.2) is 11.1 Å². The van der Waals surface area contributed by atoms with E-state index in [1.54, 1.807) is 0 Å². The Hall–Kier alpha value is -1.36. The van der Waals surface area contributed by atoms with Gasteiger partial charge < -0.3 is 14.2 Å². The molecule has 0 amide bonds. The highest BCUT2D eigenvalue weighted by atomic mass is 16.6. The van der Waals surface area contributed by atoms with Gasteiger partial charge in [0, 0.05) is 11.8 Å². The van der Waals surface area contributed by atoms with Crippen molar-refractivity contribution in [3.63, 3.8) is 0 Å². The quantitative estimate of drug-likeness (QED) is 0.572. The number of carbonyl (C=O) groups is 2. The van der Waals surface area contributed by atoms with Crippen LogP contribution in [0.3, 0.4) is 0 Å². The summed E-state index contributed by atoms with van der Waals surface area (Å²) in [5, 5.41) is 0. The van der Waals surface area contributed by atoms with E-state index in [0.717, 1.165) is 12.8 Å². The standard InChI is InChI=1S/C18H20O5/c1-21-14(19)10-11(15(20)22-2)13-16(5-6-16)12(10)17-8-3-4-9(7-8)18(13,17)23-17/h8-9,12-13H,3-7H2,1-2H3. The molecule has 4 bridgehead atoms. The molecule has 6 rings (SSSR count). The molecule has 0 aromatic rings. The fourth-order valence-electron chi connectivity index (χ4n) is 7.59. The Balaban J connectivity index is 1.61. The van der Waals surface area contributed by atoms with Gasteiger partial charge in [0.15, 0.2) is 0 Å². The molecular formula is C18H20O5. The Morgan fingerprint density at radius 1 is 0.957 bits per heavy atom. The van der Waals surface area contributed by atoms with Crippen molar-refractivity contribution in [1.29, 1.82) is 0 Å². The van der Waals surface area contributed by atoms with Gasteiger partial charge in [-0.15, -0.1) is 0 Å². The molecule has 5 fully saturated rings. The first-order valence-electron chi connectivity index (χ1n) is 8.69. The second-order valence-corrected chi connectivity index (χ2v) is 8.30. The summed E-state index contributed by atoms with van der Waals surface area (Å²) in [6.45, 7) is 0. The number of esters is 2. The van der Waals surface area contributed by atoms with Crippen molar-refractivity contribution in [2.75, 3.05) is 14.2 Å². The molecule has 1 spiro atoms. The third-order valence-electron chi connectivity index (χ3n) is 8.07. The highest BCUT2D eigenvalue weighted by Crippen LogP contribution is 2.93. The second-order valence-electron chi connectivity index (χ2n) is 8.30. The molecule has 5 aliphatic carbocycles. The Kier molecular flexibility index (Phi) is 1.90. The number of epoxide rings is 1. The lowest BCUT2D eigenvalue weighted by Gasteiger charge is -2.29. The van der Waals surface area contributed by atoms with Crippen molar-refractivity contribution in [3.8, 4) is 0 Å². The highest BCUT2D eigenvalue weighted by Gasteiger charge is 2.99. The van der Waals surface area contributed by atoms with Crippen molar-refractivity contribution >= 4 is 11.9 Å². The lowest BCUT2D eigenvalue weighted by atomic mass is 9.69. The van der Waals surface area contributed by atoms with Crippen LogP contribution in [-0.4, -0.2) is 37.4 Å². The Labute approximate surface area is 134 Å². The van der Waals surface area contributed by atoms with Crippen LogP contribution in [0.25, 0.3) is 0 Å². The van der Waals surface area contributed by atoms with Crippen molar-refractivity contribution in [1.82, 2.24) is 0 Å². The summed E-state index contributed by atoms with van der Waals surface area (Å²) in [5.41, 5.74) is 0.910. The van der Waals surface area contributed by atoms with Crippen molar-refractivity contribution in [2.24, 2.45) is 29.1 Å². The first-order chi connectivity index (χ1) is 11.1. The zero-order valence-electron chi connectivity index (χ0n) is 13.4. The van der Waals surface area contributed by atoms with E-state index in [2.05, 4.69) is 0 Å². The average molecular weight is 316 g/mol. The van der Waals surface area contributed by atoms with Crippen LogP contribution in [0.4, 0.5) is 0 Å². The van der Waals surface area contributed by atoms with Gasteiger partial charge in [0.1, 0.15) is 11.2 Å². The average Bonchev–Trinajstić information content (AvgIpc) is 3.34. The van der Waals surface area contributed by atoms with E-state index in [9.17, 15) is 9.59 Å². The van der Waals surface area contributed by atoms with E-state index in [4.69, 9.17) is 14.2 Å². The summed E-state index contributed by atoms with van der Waals surface area (Å²) in [5.74, 6) is 0.502. The molecule has 1 saturated heterocycles. The maximum atomic E-state index is 12.6. The molecular weight excluding hydrogens is 296 g/mol. The fraction of sp³-hybridized carbons (Fsp3) is 0.778. The van der Waals surface area contributed by atoms with E-state index < -0.39 is 0 Å². The molecule has 6 unspecified atom stereocenters. The van der Waals surface area contributed by atoms with Gasteiger partial charge in [-0.1, -0.05) is 0 Å². The predicted octanol–water partition coefficient (Wildman–Crippen LogP) is 1.61. The lowest BCUT2D eigenvalue weighted by molar-refractivity contribution is -0.140. The van der Waals surface area contributed by atoms with Gasteiger partial charge in [0.25, 0.3) is 0 Å². The van der Waals surface area contributed by atoms with Gasteiger partial charge in [-0.05, 0) is 49.4 Å². The van der Waals surface area contributed by atoms with Crippen LogP contribution in [0.1, 0.15) is 32.1 Å². The third-order valence-corrected chi connectivity index (χ3v) is 8.07. The van der Waals surface area contributed by atoms with Gasteiger partial charge in [0.05, 0.1) is 25.4 Å². The van der Waals surface area contributed by atoms with E-state index >= 15 is 0 Å². The minimum atomic E-state index is -0.356. The van der Waals surface area contributed by atoms with Crippen LogP contribution in [0.2, 0.25) is 0 Å². The summed E-state index contributed by atoms with van der Waals surface area (Å²) >= 11 is 0. The molecule has 0 aromatic carbocycles. The first-order valence-corrected chi connectivity index (χ1v) is 8.69. The van der Waals surface area contributed by atoms with Crippen molar-refractivity contribution in [2.45, 2.75) is 43.3 Å². The lowest BCUT2D eigenvalue weighted by Crippen LogP contribution is -2.42. The van der Waals surface area contributed by atoms with E-state index in [1.807, 2.05) is 0 Å². The molecule has 122 valence electrons. The Morgan fingerprint density at radius 3 is 1.83 bits per heavy atom. The molecule has 5 heteroatoms. The molecule has 5 nitrogen and oxygen atoms in total. The minimum absolute atomic E-state index is 0.0526. The molecule has 1 heterocycles. The van der Waals surface area contributed by atoms with Gasteiger partial charge in [-0.25, -0.2) is 9.59 Å². The number of ether oxygens (including phenoxy) is 3. The summed E-state index contributed by atoms with van der Waals surface area (Å²) in [6, 6.07) is 0. The van der Waals surface area contributed by atoms with Crippen molar-refractivity contribution in [3.05, 3.63) is 11.1 Å². The van der Waals surface area contributed by atoms with Crippen LogP contribution >= 0.6 is 0 Å². The van der Waals surface area contributed by atoms with Gasteiger partial charge in [-0.3, -0.25) is 0 Å². The molecule has 6 atom stereocenters. The monoisotopic (exact) mass is 316 g/mol. The highest BCUT2D eigenvalue weighted by molar-refractivity contribution is 6.04. The summed E-state index contributed by atoms with van der Waals surface area (Å²) in [4.78, 5) is 25.1. The number of methoxy groups -OCH3 is 2. The number of carbonyl (C=O) groups excluding carboxylic acids is 2. The molecule has 4 saturated carbocycles. The minimum Gasteiger partial charge on any atom is -0.466 e. The summed E-state index contributed by atoms with van der Waals surface area (Å²) in [7, 11) is 2.80. The molecule has 0 aromatic heterocycles. The van der Waals surface area contributed by atoms with Gasteiger partial charge in [0.2, 0.25) is 0 Å². The van der Waals surface area contributed by atoms with Crippen LogP contribution < -0.4 is 0 Å². The largest absolute Gasteiger partial charge is 0.466 e. The molecule has 1 aliphatic heterocycles. The van der Waals surface area contributed by atoms with Crippen LogP contribution in [0, 0.1) is 29.1 Å². The Morgan fingerprint density at radius 2 is 1.43 bits per heavy atom.